The van der Waals surface area contributed by atoms with E-state index in [1.54, 1.807) is 0 Å². The highest BCUT2D eigenvalue weighted by atomic mass is 19.1. The third-order valence-electron chi connectivity index (χ3n) is 3.48. The van der Waals surface area contributed by atoms with Crippen molar-refractivity contribution in [1.29, 1.82) is 0 Å². The molecule has 4 heteroatoms. The molecule has 0 bridgehead atoms. The number of hydrogen-bond donors (Lipinski definition) is 0. The zero-order valence-corrected chi connectivity index (χ0v) is 9.92. The molecule has 1 aromatic carbocycles. The lowest BCUT2D eigenvalue weighted by molar-refractivity contribution is -0.159. The fourth-order valence-corrected chi connectivity index (χ4v) is 2.57. The van der Waals surface area contributed by atoms with Gasteiger partial charge in [0.25, 0.3) is 0 Å². The van der Waals surface area contributed by atoms with E-state index >= 15 is 0 Å². The summed E-state index contributed by atoms with van der Waals surface area (Å²) in [6.45, 7) is 1.25. The van der Waals surface area contributed by atoms with Crippen LogP contribution in [0.1, 0.15) is 24.8 Å². The zero-order chi connectivity index (χ0) is 12.6. The largest absolute Gasteiger partial charge is 0.347 e. The zero-order valence-electron chi connectivity index (χ0n) is 9.92. The van der Waals surface area contributed by atoms with Crippen LogP contribution < -0.4 is 0 Å². The van der Waals surface area contributed by atoms with Crippen molar-refractivity contribution in [3.05, 3.63) is 41.5 Å². The van der Waals surface area contributed by atoms with E-state index in [-0.39, 0.29) is 0 Å². The molecule has 1 aliphatic heterocycles. The van der Waals surface area contributed by atoms with Crippen molar-refractivity contribution in [3.8, 4) is 0 Å². The van der Waals surface area contributed by atoms with Crippen molar-refractivity contribution < 1.29 is 18.3 Å². The summed E-state index contributed by atoms with van der Waals surface area (Å²) in [6.07, 6.45) is 4.04. The number of rotatable bonds is 1. The minimum absolute atomic E-state index is 0.491. The van der Waals surface area contributed by atoms with Crippen LogP contribution in [0.4, 0.5) is 8.78 Å². The normalized spacial score (nSPS) is 22.2. The van der Waals surface area contributed by atoms with Crippen LogP contribution in [-0.4, -0.2) is 19.0 Å². The van der Waals surface area contributed by atoms with Gasteiger partial charge < -0.3 is 9.47 Å². The van der Waals surface area contributed by atoms with E-state index in [0.29, 0.717) is 31.6 Å². The standard InChI is InChI=1S/C14H14F2O2/c15-12-7-11(8-13(16)9-12)10-1-3-14(4-2-10)17-5-6-18-14/h1,7-9H,2-6H2. The highest BCUT2D eigenvalue weighted by Gasteiger charge is 2.37. The molecule has 0 aromatic heterocycles. The predicted octanol–water partition coefficient (Wildman–Crippen LogP) is 3.28. The molecule has 2 aliphatic rings. The van der Waals surface area contributed by atoms with E-state index in [1.807, 2.05) is 6.08 Å². The highest BCUT2D eigenvalue weighted by Crippen LogP contribution is 2.38. The molecular weight excluding hydrogens is 238 g/mol. The molecule has 2 nitrogen and oxygen atoms in total. The van der Waals surface area contributed by atoms with Gasteiger partial charge in [-0.05, 0) is 29.7 Å². The smallest absolute Gasteiger partial charge is 0.172 e. The lowest BCUT2D eigenvalue weighted by Crippen LogP contribution is -2.31. The van der Waals surface area contributed by atoms with Crippen LogP contribution in [0.25, 0.3) is 5.57 Å². The summed E-state index contributed by atoms with van der Waals surface area (Å²) < 4.78 is 37.5. The van der Waals surface area contributed by atoms with E-state index in [4.69, 9.17) is 9.47 Å². The van der Waals surface area contributed by atoms with E-state index in [0.717, 1.165) is 18.1 Å². The van der Waals surface area contributed by atoms with Crippen LogP contribution in [-0.2, 0) is 9.47 Å². The number of hydrogen-bond acceptors (Lipinski definition) is 2. The highest BCUT2D eigenvalue weighted by molar-refractivity contribution is 5.66. The second-order valence-corrected chi connectivity index (χ2v) is 4.70. The number of ether oxygens (including phenoxy) is 2. The van der Waals surface area contributed by atoms with Gasteiger partial charge in [-0.1, -0.05) is 6.08 Å². The SMILES string of the molecule is Fc1cc(F)cc(C2=CCC3(CC2)OCCO3)c1. The average Bonchev–Trinajstić information content (AvgIpc) is 2.77. The Labute approximate surface area is 104 Å². The molecule has 1 saturated heterocycles. The fourth-order valence-electron chi connectivity index (χ4n) is 2.57. The molecule has 1 spiro atoms. The van der Waals surface area contributed by atoms with Gasteiger partial charge in [0.05, 0.1) is 13.2 Å². The molecule has 0 radical (unpaired) electrons. The summed E-state index contributed by atoms with van der Waals surface area (Å²) >= 11 is 0. The van der Waals surface area contributed by atoms with Gasteiger partial charge >= 0.3 is 0 Å². The Hall–Kier alpha value is -1.26. The molecule has 1 fully saturated rings. The molecule has 18 heavy (non-hydrogen) atoms. The third kappa shape index (κ3) is 2.18. The fraction of sp³-hybridized carbons (Fsp3) is 0.429. The van der Waals surface area contributed by atoms with Crippen LogP contribution >= 0.6 is 0 Å². The van der Waals surface area contributed by atoms with Crippen molar-refractivity contribution in [1.82, 2.24) is 0 Å². The Morgan fingerprint density at radius 1 is 1.00 bits per heavy atom. The van der Waals surface area contributed by atoms with E-state index < -0.39 is 17.4 Å². The lowest BCUT2D eigenvalue weighted by atomic mass is 9.90. The first-order valence-corrected chi connectivity index (χ1v) is 6.10. The van der Waals surface area contributed by atoms with Crippen molar-refractivity contribution in [2.45, 2.75) is 25.0 Å². The molecule has 0 amide bonds. The van der Waals surface area contributed by atoms with Crippen LogP contribution in [0, 0.1) is 11.6 Å². The molecule has 96 valence electrons. The number of halogens is 2. The quantitative estimate of drug-likeness (QED) is 0.763. The minimum Gasteiger partial charge on any atom is -0.347 e. The van der Waals surface area contributed by atoms with Gasteiger partial charge in [-0.15, -0.1) is 0 Å². The van der Waals surface area contributed by atoms with Crippen molar-refractivity contribution in [2.24, 2.45) is 0 Å². The molecule has 1 heterocycles. The van der Waals surface area contributed by atoms with E-state index in [2.05, 4.69) is 0 Å². The summed E-state index contributed by atoms with van der Waals surface area (Å²) in [7, 11) is 0. The van der Waals surface area contributed by atoms with Gasteiger partial charge in [0.15, 0.2) is 5.79 Å². The second kappa shape index (κ2) is 4.44. The van der Waals surface area contributed by atoms with E-state index in [9.17, 15) is 8.78 Å². The number of benzene rings is 1. The van der Waals surface area contributed by atoms with Crippen molar-refractivity contribution in [2.75, 3.05) is 13.2 Å². The van der Waals surface area contributed by atoms with Crippen molar-refractivity contribution >= 4 is 5.57 Å². The summed E-state index contributed by atoms with van der Waals surface area (Å²) in [6, 6.07) is 3.62. The first kappa shape index (κ1) is 11.8. The van der Waals surface area contributed by atoms with Crippen LogP contribution in [0.2, 0.25) is 0 Å². The molecule has 1 aromatic rings. The summed E-state index contributed by atoms with van der Waals surface area (Å²) in [5.41, 5.74) is 1.57. The molecule has 0 saturated carbocycles. The average molecular weight is 252 g/mol. The maximum absolute atomic E-state index is 13.2. The lowest BCUT2D eigenvalue weighted by Gasteiger charge is -2.30. The number of allylic oxidation sites excluding steroid dienone is 1. The first-order valence-electron chi connectivity index (χ1n) is 6.10. The van der Waals surface area contributed by atoms with Gasteiger partial charge in [-0.25, -0.2) is 8.78 Å². The van der Waals surface area contributed by atoms with E-state index in [1.165, 1.54) is 12.1 Å². The van der Waals surface area contributed by atoms with Gasteiger partial charge in [-0.3, -0.25) is 0 Å². The monoisotopic (exact) mass is 252 g/mol. The predicted molar refractivity (Wildman–Crippen MR) is 62.8 cm³/mol. The third-order valence-corrected chi connectivity index (χ3v) is 3.48. The maximum Gasteiger partial charge on any atom is 0.172 e. The molecule has 3 rings (SSSR count). The van der Waals surface area contributed by atoms with Gasteiger partial charge in [-0.2, -0.15) is 0 Å². The van der Waals surface area contributed by atoms with Crippen LogP contribution in [0.15, 0.2) is 24.3 Å². The summed E-state index contributed by atoms with van der Waals surface area (Å²) in [5, 5.41) is 0. The van der Waals surface area contributed by atoms with Gasteiger partial charge in [0.1, 0.15) is 11.6 Å². The Bertz CT molecular complexity index is 470. The summed E-state index contributed by atoms with van der Waals surface area (Å²) in [4.78, 5) is 0. The van der Waals surface area contributed by atoms with Crippen LogP contribution in [0.5, 0.6) is 0 Å². The minimum atomic E-state index is -0.542. The Morgan fingerprint density at radius 2 is 1.67 bits per heavy atom. The molecule has 1 aliphatic carbocycles. The summed E-state index contributed by atoms with van der Waals surface area (Å²) in [5.74, 6) is -1.57. The molecule has 0 atom stereocenters. The first-order chi connectivity index (χ1) is 8.67. The van der Waals surface area contributed by atoms with Gasteiger partial charge in [0, 0.05) is 18.9 Å². The Morgan fingerprint density at radius 3 is 2.22 bits per heavy atom. The maximum atomic E-state index is 13.2. The molecular formula is C14H14F2O2. The van der Waals surface area contributed by atoms with Crippen LogP contribution in [0.3, 0.4) is 0 Å². The Balaban J connectivity index is 1.83. The molecule has 0 N–H and O–H groups in total. The Kier molecular flexibility index (Phi) is 2.92. The van der Waals surface area contributed by atoms with Gasteiger partial charge in [0.2, 0.25) is 0 Å². The second-order valence-electron chi connectivity index (χ2n) is 4.70. The topological polar surface area (TPSA) is 18.5 Å². The molecule has 0 unspecified atom stereocenters. The van der Waals surface area contributed by atoms with Crippen molar-refractivity contribution in [3.63, 3.8) is 0 Å².